The summed E-state index contributed by atoms with van der Waals surface area (Å²) in [6, 6.07) is 12.5. The van der Waals surface area contributed by atoms with Crippen molar-refractivity contribution in [3.8, 4) is 17.1 Å². The number of carbonyl (C=O) groups is 4. The average Bonchev–Trinajstić information content (AvgIpc) is 4.11. The summed E-state index contributed by atoms with van der Waals surface area (Å²) >= 11 is 0. The van der Waals surface area contributed by atoms with E-state index in [1.807, 2.05) is 0 Å². The SMILES string of the molecule is O=C1N[C@H]2CCCCCCC[C@@H]3C[C@]3(C(=O)NS(=O)(=O)C3CC3)NC(=O)C3CN(C[C@@H]3Oc3nc4ccccc4nc3-c3cccc(c3)/C=C/C(F)(F)CO1)C2=O. The van der Waals surface area contributed by atoms with Gasteiger partial charge in [0.15, 0.2) is 6.61 Å². The maximum Gasteiger partial charge on any atom is 0.408 e. The van der Waals surface area contributed by atoms with E-state index in [-0.39, 0.29) is 43.4 Å². The first kappa shape index (κ1) is 38.7. The van der Waals surface area contributed by atoms with E-state index in [1.54, 1.807) is 48.5 Å². The first-order valence-electron chi connectivity index (χ1n) is 19.5. The topological polar surface area (TPSA) is 186 Å². The van der Waals surface area contributed by atoms with Crippen molar-refractivity contribution in [3.63, 3.8) is 0 Å². The van der Waals surface area contributed by atoms with E-state index >= 15 is 8.78 Å². The molecule has 3 aliphatic heterocycles. The minimum absolute atomic E-state index is 0.0230. The third-order valence-electron chi connectivity index (χ3n) is 11.5. The van der Waals surface area contributed by atoms with Crippen molar-refractivity contribution in [2.45, 2.75) is 93.1 Å². The van der Waals surface area contributed by atoms with Crippen molar-refractivity contribution >= 4 is 50.9 Å². The number of aromatic nitrogens is 2. The summed E-state index contributed by atoms with van der Waals surface area (Å²) in [7, 11) is -3.92. The van der Waals surface area contributed by atoms with Gasteiger partial charge in [-0.25, -0.2) is 23.2 Å². The number of alkyl halides is 2. The number of halogens is 2. The Balaban J connectivity index is 1.20. The number of rotatable bonds is 3. The Morgan fingerprint density at radius 2 is 1.65 bits per heavy atom. The van der Waals surface area contributed by atoms with Gasteiger partial charge in [-0.2, -0.15) is 8.78 Å². The highest BCUT2D eigenvalue weighted by atomic mass is 32.2. The van der Waals surface area contributed by atoms with Crippen LogP contribution in [0.1, 0.15) is 69.8 Å². The maximum absolute atomic E-state index is 15.0. The van der Waals surface area contributed by atoms with Gasteiger partial charge in [0.05, 0.1) is 28.7 Å². The molecular formula is C40H44F2N6O8S. The average molecular weight is 807 g/mol. The molecular weight excluding hydrogens is 763 g/mol. The molecule has 0 radical (unpaired) electrons. The standard InChI is InChI=1S/C40H44F2N6O8S/c41-39(42)18-17-24-9-8-10-25(19-24)33-35(44-30-13-7-6-12-29(30)43-33)56-32-22-48-21-28(32)34(49)46-40(37(51)47-57(53,54)27-15-16-27)20-26(40)11-4-2-1-3-5-14-31(36(48)50)45-38(52)55-23-39/h6-10,12-13,17-19,26-28,31-32H,1-5,11,14-16,20-23H2,(H,45,52)(H,46,49)(H,47,51)/b18-17+/t26-,28?,31+,32+,40+/m1/s1. The molecule has 302 valence electrons. The number of ether oxygens (including phenoxy) is 2. The van der Waals surface area contributed by atoms with Crippen molar-refractivity contribution in [1.82, 2.24) is 30.2 Å². The van der Waals surface area contributed by atoms with Gasteiger partial charge < -0.3 is 25.0 Å². The van der Waals surface area contributed by atoms with Gasteiger partial charge in [0.25, 0.3) is 11.8 Å². The third-order valence-corrected chi connectivity index (χ3v) is 13.3. The number of sulfonamides is 1. The van der Waals surface area contributed by atoms with Crippen LogP contribution in [-0.2, 0) is 29.1 Å². The predicted octanol–water partition coefficient (Wildman–Crippen LogP) is 4.49. The van der Waals surface area contributed by atoms with E-state index in [9.17, 15) is 27.6 Å². The first-order valence-corrected chi connectivity index (χ1v) is 21.1. The van der Waals surface area contributed by atoms with Crippen LogP contribution in [0.15, 0.2) is 54.6 Å². The van der Waals surface area contributed by atoms with Gasteiger partial charge in [0, 0.05) is 12.1 Å². The normalized spacial score (nSPS) is 28.7. The van der Waals surface area contributed by atoms with Gasteiger partial charge >= 0.3 is 6.09 Å². The Bertz CT molecular complexity index is 2240. The molecule has 2 aromatic carbocycles. The summed E-state index contributed by atoms with van der Waals surface area (Å²) in [5.74, 6) is -6.87. The summed E-state index contributed by atoms with van der Waals surface area (Å²) in [4.78, 5) is 66.6. The van der Waals surface area contributed by atoms with Gasteiger partial charge in [0.2, 0.25) is 27.7 Å². The van der Waals surface area contributed by atoms with Crippen LogP contribution in [0.2, 0.25) is 0 Å². The number of hydrogen-bond acceptors (Lipinski definition) is 10. The molecule has 17 heteroatoms. The van der Waals surface area contributed by atoms with Crippen LogP contribution in [0, 0.1) is 11.8 Å². The molecule has 2 aliphatic carbocycles. The molecule has 1 unspecified atom stereocenters. The van der Waals surface area contributed by atoms with Crippen LogP contribution < -0.4 is 20.1 Å². The number of amides is 4. The molecule has 6 bridgehead atoms. The maximum atomic E-state index is 15.0. The fraction of sp³-hybridized carbons (Fsp3) is 0.500. The van der Waals surface area contributed by atoms with Crippen LogP contribution in [-0.4, -0.2) is 95.7 Å². The second-order valence-corrected chi connectivity index (χ2v) is 17.7. The summed E-state index contributed by atoms with van der Waals surface area (Å²) in [5.41, 5.74) is 0.642. The lowest BCUT2D eigenvalue weighted by Gasteiger charge is -2.25. The zero-order valence-corrected chi connectivity index (χ0v) is 31.9. The lowest BCUT2D eigenvalue weighted by Crippen LogP contribution is -2.55. The molecule has 4 amide bonds. The summed E-state index contributed by atoms with van der Waals surface area (Å²) < 4.78 is 69.6. The smallest absolute Gasteiger partial charge is 0.408 e. The van der Waals surface area contributed by atoms with Crippen LogP contribution in [0.4, 0.5) is 13.6 Å². The van der Waals surface area contributed by atoms with Gasteiger partial charge in [0.1, 0.15) is 23.4 Å². The van der Waals surface area contributed by atoms with Crippen molar-refractivity contribution in [2.24, 2.45) is 11.8 Å². The summed E-state index contributed by atoms with van der Waals surface area (Å²) in [6.07, 6.45) is 5.04. The Kier molecular flexibility index (Phi) is 10.4. The number of fused-ring (bicyclic) bond motifs is 10. The fourth-order valence-corrected chi connectivity index (χ4v) is 9.40. The van der Waals surface area contributed by atoms with Gasteiger partial charge in [-0.1, -0.05) is 68.5 Å². The summed E-state index contributed by atoms with van der Waals surface area (Å²) in [5, 5.41) is 4.76. The molecule has 3 aromatic rings. The number of alkyl carbamates (subject to hydrolysis) is 1. The monoisotopic (exact) mass is 806 g/mol. The van der Waals surface area contributed by atoms with Crippen molar-refractivity contribution < 1.29 is 45.9 Å². The number of benzene rings is 2. The van der Waals surface area contributed by atoms with Crippen molar-refractivity contribution in [3.05, 3.63) is 60.2 Å². The van der Waals surface area contributed by atoms with Crippen LogP contribution in [0.5, 0.6) is 5.88 Å². The number of hydrogen-bond donors (Lipinski definition) is 3. The second-order valence-electron chi connectivity index (χ2n) is 15.7. The van der Waals surface area contributed by atoms with E-state index in [1.165, 1.54) is 11.0 Å². The highest BCUT2D eigenvalue weighted by molar-refractivity contribution is 7.91. The molecule has 0 spiro atoms. The van der Waals surface area contributed by atoms with Crippen molar-refractivity contribution in [1.29, 1.82) is 0 Å². The number of nitrogens with zero attached hydrogens (tertiary/aromatic N) is 3. The Labute approximate surface area is 328 Å². The van der Waals surface area contributed by atoms with Crippen molar-refractivity contribution in [2.75, 3.05) is 19.7 Å². The van der Waals surface area contributed by atoms with E-state index in [0.29, 0.717) is 66.8 Å². The molecule has 5 atom stereocenters. The minimum Gasteiger partial charge on any atom is -0.470 e. The van der Waals surface area contributed by atoms with Crippen LogP contribution in [0.3, 0.4) is 0 Å². The third kappa shape index (κ3) is 8.43. The molecule has 2 saturated heterocycles. The molecule has 4 fully saturated rings. The van der Waals surface area contributed by atoms with Gasteiger partial charge in [-0.05, 0) is 67.9 Å². The number of nitrogens with one attached hydrogen (secondary N) is 3. The van der Waals surface area contributed by atoms with Gasteiger partial charge in [-0.15, -0.1) is 0 Å². The number of cyclic esters (lactones) is 1. The molecule has 8 rings (SSSR count). The Morgan fingerprint density at radius 1 is 0.912 bits per heavy atom. The van der Waals surface area contributed by atoms with E-state index in [4.69, 9.17) is 19.4 Å². The Morgan fingerprint density at radius 3 is 2.42 bits per heavy atom. The fourth-order valence-electron chi connectivity index (χ4n) is 8.03. The number of para-hydroxylation sites is 2. The summed E-state index contributed by atoms with van der Waals surface area (Å²) in [6.45, 7) is -1.60. The number of carbonyl (C=O) groups excluding carboxylic acids is 4. The first-order chi connectivity index (χ1) is 27.3. The lowest BCUT2D eigenvalue weighted by molar-refractivity contribution is -0.134. The largest absolute Gasteiger partial charge is 0.470 e. The van der Waals surface area contributed by atoms with Gasteiger partial charge in [-0.3, -0.25) is 19.1 Å². The quantitative estimate of drug-likeness (QED) is 0.341. The predicted molar refractivity (Wildman–Crippen MR) is 203 cm³/mol. The van der Waals surface area contributed by atoms with E-state index in [0.717, 1.165) is 12.8 Å². The second kappa shape index (κ2) is 15.3. The molecule has 5 aliphatic rings. The zero-order valence-electron chi connectivity index (χ0n) is 31.1. The molecule has 3 N–H and O–H groups in total. The van der Waals surface area contributed by atoms with Crippen LogP contribution >= 0.6 is 0 Å². The zero-order chi connectivity index (χ0) is 40.0. The molecule has 4 heterocycles. The van der Waals surface area contributed by atoms with Crippen LogP contribution in [0.25, 0.3) is 28.4 Å². The molecule has 2 saturated carbocycles. The lowest BCUT2D eigenvalue weighted by atomic mass is 10.0. The Hall–Kier alpha value is -5.19. The minimum atomic E-state index is -3.92. The highest BCUT2D eigenvalue weighted by Crippen LogP contribution is 2.48. The van der Waals surface area contributed by atoms with E-state index < -0.39 is 75.2 Å². The van der Waals surface area contributed by atoms with E-state index in [2.05, 4.69) is 15.4 Å². The molecule has 1 aromatic heterocycles. The highest BCUT2D eigenvalue weighted by Gasteiger charge is 2.62. The molecule has 14 nitrogen and oxygen atoms in total. The molecule has 57 heavy (non-hydrogen) atoms.